The van der Waals surface area contributed by atoms with E-state index < -0.39 is 17.5 Å². The van der Waals surface area contributed by atoms with E-state index in [2.05, 4.69) is 0 Å². The van der Waals surface area contributed by atoms with E-state index in [9.17, 15) is 13.2 Å². The van der Waals surface area contributed by atoms with Crippen molar-refractivity contribution in [2.75, 3.05) is 0 Å². The lowest BCUT2D eigenvalue weighted by atomic mass is 10.0. The average molecular weight is 329 g/mol. The molecule has 2 aromatic rings. The molecule has 0 saturated heterocycles. The Morgan fingerprint density at radius 1 is 1.04 bits per heavy atom. The standard InChI is InChI=1S/C20H18F3N/c1-2-3-18(21)20(23)17-10-5-14(6-11-17)4-8-16-9-7-15(13-24)12-19(16)22/h5-7,9-12H,2-4,8H2,1H3. The van der Waals surface area contributed by atoms with Crippen molar-refractivity contribution < 1.29 is 13.2 Å². The Hall–Kier alpha value is -2.54. The van der Waals surface area contributed by atoms with E-state index in [0.29, 0.717) is 24.8 Å². The molecule has 0 aromatic heterocycles. The Balaban J connectivity index is 2.05. The molecule has 0 N–H and O–H groups in total. The molecule has 0 unspecified atom stereocenters. The fraction of sp³-hybridized carbons (Fsp3) is 0.250. The zero-order valence-electron chi connectivity index (χ0n) is 13.5. The lowest BCUT2D eigenvalue weighted by molar-refractivity contribution is 0.559. The van der Waals surface area contributed by atoms with Gasteiger partial charge in [-0.15, -0.1) is 0 Å². The smallest absolute Gasteiger partial charge is 0.161 e. The van der Waals surface area contributed by atoms with Crippen LogP contribution >= 0.6 is 0 Å². The molecule has 0 bridgehead atoms. The number of halogens is 3. The Labute approximate surface area is 140 Å². The Kier molecular flexibility index (Phi) is 6.20. The first kappa shape index (κ1) is 17.8. The van der Waals surface area contributed by atoms with Gasteiger partial charge in [0.25, 0.3) is 0 Å². The lowest BCUT2D eigenvalue weighted by Gasteiger charge is -2.06. The van der Waals surface area contributed by atoms with Crippen LogP contribution in [-0.2, 0) is 12.8 Å². The molecule has 0 amide bonds. The number of rotatable bonds is 6. The Morgan fingerprint density at radius 3 is 2.33 bits per heavy atom. The molecule has 0 aliphatic rings. The highest BCUT2D eigenvalue weighted by Crippen LogP contribution is 2.25. The fourth-order valence-electron chi connectivity index (χ4n) is 2.40. The van der Waals surface area contributed by atoms with Crippen LogP contribution in [0.4, 0.5) is 13.2 Å². The van der Waals surface area contributed by atoms with E-state index >= 15 is 0 Å². The number of benzene rings is 2. The summed E-state index contributed by atoms with van der Waals surface area (Å²) in [6.45, 7) is 1.79. The van der Waals surface area contributed by atoms with Crippen LogP contribution in [0.3, 0.4) is 0 Å². The molecule has 124 valence electrons. The van der Waals surface area contributed by atoms with Crippen molar-refractivity contribution in [1.82, 2.24) is 0 Å². The minimum absolute atomic E-state index is 0.0888. The maximum atomic E-state index is 13.9. The number of nitriles is 1. The molecule has 0 atom stereocenters. The highest BCUT2D eigenvalue weighted by molar-refractivity contribution is 5.61. The predicted octanol–water partition coefficient (Wildman–Crippen LogP) is 5.89. The van der Waals surface area contributed by atoms with Crippen molar-refractivity contribution >= 4 is 5.83 Å². The van der Waals surface area contributed by atoms with Gasteiger partial charge in [0.2, 0.25) is 0 Å². The van der Waals surface area contributed by atoms with Crippen LogP contribution in [0.5, 0.6) is 0 Å². The van der Waals surface area contributed by atoms with Gasteiger partial charge in [0, 0.05) is 12.0 Å². The molecule has 0 radical (unpaired) electrons. The molecule has 0 aliphatic carbocycles. The first-order chi connectivity index (χ1) is 11.5. The molecule has 0 heterocycles. The molecule has 2 aromatic carbocycles. The third-order valence-corrected chi connectivity index (χ3v) is 3.78. The second-order valence-corrected chi connectivity index (χ2v) is 5.58. The molecule has 2 rings (SSSR count). The summed E-state index contributed by atoms with van der Waals surface area (Å²) in [6.07, 6.45) is 1.68. The molecule has 0 spiro atoms. The average Bonchev–Trinajstić information content (AvgIpc) is 2.60. The van der Waals surface area contributed by atoms with E-state index in [1.165, 1.54) is 18.2 Å². The van der Waals surface area contributed by atoms with Crippen molar-refractivity contribution in [3.8, 4) is 6.07 Å². The number of allylic oxidation sites excluding steroid dienone is 1. The van der Waals surface area contributed by atoms with Crippen molar-refractivity contribution in [2.24, 2.45) is 0 Å². The van der Waals surface area contributed by atoms with Gasteiger partial charge in [-0.1, -0.05) is 37.3 Å². The van der Waals surface area contributed by atoms with Gasteiger partial charge >= 0.3 is 0 Å². The number of hydrogen-bond donors (Lipinski definition) is 0. The maximum absolute atomic E-state index is 13.9. The van der Waals surface area contributed by atoms with Crippen LogP contribution in [0.15, 0.2) is 48.3 Å². The topological polar surface area (TPSA) is 23.8 Å². The third kappa shape index (κ3) is 4.48. The number of aryl methyl sites for hydroxylation is 2. The minimum atomic E-state index is -0.818. The summed E-state index contributed by atoms with van der Waals surface area (Å²) in [4.78, 5) is 0. The molecule has 0 fully saturated rings. The van der Waals surface area contributed by atoms with Crippen LogP contribution in [0, 0.1) is 17.1 Å². The van der Waals surface area contributed by atoms with Crippen molar-refractivity contribution in [2.45, 2.75) is 32.6 Å². The first-order valence-electron chi connectivity index (χ1n) is 7.87. The summed E-state index contributed by atoms with van der Waals surface area (Å²) in [5, 5.41) is 8.73. The van der Waals surface area contributed by atoms with Gasteiger partial charge in [-0.05, 0) is 42.5 Å². The van der Waals surface area contributed by atoms with E-state index in [4.69, 9.17) is 5.26 Å². The van der Waals surface area contributed by atoms with Crippen LogP contribution < -0.4 is 0 Å². The minimum Gasteiger partial charge on any atom is -0.209 e. The van der Waals surface area contributed by atoms with E-state index in [0.717, 1.165) is 5.56 Å². The highest BCUT2D eigenvalue weighted by Gasteiger charge is 2.09. The lowest BCUT2D eigenvalue weighted by Crippen LogP contribution is -1.96. The third-order valence-electron chi connectivity index (χ3n) is 3.78. The molecular formula is C20H18F3N. The van der Waals surface area contributed by atoms with Gasteiger partial charge < -0.3 is 0 Å². The largest absolute Gasteiger partial charge is 0.209 e. The zero-order chi connectivity index (χ0) is 17.5. The van der Waals surface area contributed by atoms with Gasteiger partial charge in [-0.3, -0.25) is 0 Å². The predicted molar refractivity (Wildman–Crippen MR) is 89.0 cm³/mol. The molecule has 24 heavy (non-hydrogen) atoms. The summed E-state index contributed by atoms with van der Waals surface area (Å²) < 4.78 is 41.2. The van der Waals surface area contributed by atoms with Gasteiger partial charge in [0.1, 0.15) is 11.6 Å². The van der Waals surface area contributed by atoms with Crippen LogP contribution in [0.1, 0.15) is 42.0 Å². The fourth-order valence-corrected chi connectivity index (χ4v) is 2.40. The van der Waals surface area contributed by atoms with Crippen LogP contribution in [-0.4, -0.2) is 0 Å². The molecular weight excluding hydrogens is 311 g/mol. The van der Waals surface area contributed by atoms with Gasteiger partial charge in [-0.25, -0.2) is 13.2 Å². The summed E-state index contributed by atoms with van der Waals surface area (Å²) in [7, 11) is 0. The van der Waals surface area contributed by atoms with Crippen molar-refractivity contribution in [3.63, 3.8) is 0 Å². The zero-order valence-corrected chi connectivity index (χ0v) is 13.5. The first-order valence-corrected chi connectivity index (χ1v) is 7.87. The van der Waals surface area contributed by atoms with Gasteiger partial charge in [-0.2, -0.15) is 5.26 Å². The van der Waals surface area contributed by atoms with Crippen LogP contribution in [0.25, 0.3) is 5.83 Å². The van der Waals surface area contributed by atoms with E-state index in [1.54, 1.807) is 31.2 Å². The Bertz CT molecular complexity index is 770. The van der Waals surface area contributed by atoms with Gasteiger partial charge in [0.15, 0.2) is 5.83 Å². The van der Waals surface area contributed by atoms with Gasteiger partial charge in [0.05, 0.1) is 11.6 Å². The van der Waals surface area contributed by atoms with E-state index in [1.807, 2.05) is 6.07 Å². The summed E-state index contributed by atoms with van der Waals surface area (Å²) in [6, 6.07) is 12.8. The summed E-state index contributed by atoms with van der Waals surface area (Å²) in [5.41, 5.74) is 1.94. The summed E-state index contributed by atoms with van der Waals surface area (Å²) in [5.74, 6) is -1.95. The normalized spacial score (nSPS) is 11.8. The molecule has 0 aliphatic heterocycles. The Morgan fingerprint density at radius 2 is 1.75 bits per heavy atom. The monoisotopic (exact) mass is 329 g/mol. The SMILES string of the molecule is CCCC(F)=C(F)c1ccc(CCc2ccc(C#N)cc2F)cc1. The number of nitrogens with zero attached hydrogens (tertiary/aromatic N) is 1. The molecule has 1 nitrogen and oxygen atoms in total. The number of hydrogen-bond acceptors (Lipinski definition) is 1. The molecule has 4 heteroatoms. The van der Waals surface area contributed by atoms with Crippen molar-refractivity contribution in [1.29, 1.82) is 5.26 Å². The maximum Gasteiger partial charge on any atom is 0.161 e. The van der Waals surface area contributed by atoms with Crippen molar-refractivity contribution in [3.05, 3.63) is 76.4 Å². The summed E-state index contributed by atoms with van der Waals surface area (Å²) >= 11 is 0. The second-order valence-electron chi connectivity index (χ2n) is 5.58. The molecule has 0 saturated carbocycles. The quantitative estimate of drug-likeness (QED) is 0.648. The second kappa shape index (κ2) is 8.35. The van der Waals surface area contributed by atoms with E-state index in [-0.39, 0.29) is 17.5 Å². The highest BCUT2D eigenvalue weighted by atomic mass is 19.2. The van der Waals surface area contributed by atoms with Crippen LogP contribution in [0.2, 0.25) is 0 Å².